The van der Waals surface area contributed by atoms with Crippen molar-refractivity contribution in [3.05, 3.63) is 64.9 Å². The van der Waals surface area contributed by atoms with Gasteiger partial charge in [-0.1, -0.05) is 23.8 Å². The standard InChI is InChI=1S/C20H19NO4/c1-4-24-17-9-8-14(12-18(17)23-3)11-16-20(22)25-19(21-16)15-7-5-6-13(2)10-15/h5-12H,4H2,1-3H3/b16-11-. The van der Waals surface area contributed by atoms with E-state index in [1.807, 2.05) is 44.2 Å². The molecule has 0 unspecified atom stereocenters. The lowest BCUT2D eigenvalue weighted by Gasteiger charge is -2.09. The van der Waals surface area contributed by atoms with E-state index >= 15 is 0 Å². The van der Waals surface area contributed by atoms with Gasteiger partial charge >= 0.3 is 5.97 Å². The quantitative estimate of drug-likeness (QED) is 0.616. The van der Waals surface area contributed by atoms with E-state index < -0.39 is 5.97 Å². The zero-order chi connectivity index (χ0) is 17.8. The Kier molecular flexibility index (Phi) is 4.84. The van der Waals surface area contributed by atoms with Gasteiger partial charge < -0.3 is 14.2 Å². The molecule has 0 amide bonds. The summed E-state index contributed by atoms with van der Waals surface area (Å²) in [6.07, 6.45) is 1.67. The molecular weight excluding hydrogens is 318 g/mol. The summed E-state index contributed by atoms with van der Waals surface area (Å²) in [4.78, 5) is 16.4. The second-order valence-corrected chi connectivity index (χ2v) is 5.55. The van der Waals surface area contributed by atoms with Crippen molar-refractivity contribution in [2.75, 3.05) is 13.7 Å². The van der Waals surface area contributed by atoms with Gasteiger partial charge in [0.2, 0.25) is 5.90 Å². The van der Waals surface area contributed by atoms with E-state index in [0.29, 0.717) is 24.0 Å². The molecular formula is C20H19NO4. The summed E-state index contributed by atoms with van der Waals surface area (Å²) in [5, 5.41) is 0. The number of aliphatic imine (C=N–C) groups is 1. The summed E-state index contributed by atoms with van der Waals surface area (Å²) in [6.45, 7) is 4.43. The van der Waals surface area contributed by atoms with Gasteiger partial charge in [0.15, 0.2) is 17.2 Å². The van der Waals surface area contributed by atoms with E-state index in [1.54, 1.807) is 25.3 Å². The van der Waals surface area contributed by atoms with Crippen molar-refractivity contribution in [3.63, 3.8) is 0 Å². The van der Waals surface area contributed by atoms with Gasteiger partial charge in [0.1, 0.15) is 0 Å². The Balaban J connectivity index is 1.91. The number of hydrogen-bond donors (Lipinski definition) is 0. The average molecular weight is 337 g/mol. The Morgan fingerprint density at radius 2 is 2.00 bits per heavy atom. The first-order valence-electron chi connectivity index (χ1n) is 8.01. The molecule has 5 nitrogen and oxygen atoms in total. The summed E-state index contributed by atoms with van der Waals surface area (Å²) in [7, 11) is 1.58. The van der Waals surface area contributed by atoms with Crippen LogP contribution in [0.2, 0.25) is 0 Å². The SMILES string of the molecule is CCOc1ccc(/C=C2\N=C(c3cccc(C)c3)OC2=O)cc1OC. The number of carbonyl (C=O) groups is 1. The van der Waals surface area contributed by atoms with Crippen molar-refractivity contribution in [1.82, 2.24) is 0 Å². The Morgan fingerprint density at radius 3 is 2.72 bits per heavy atom. The predicted molar refractivity (Wildman–Crippen MR) is 95.9 cm³/mol. The third-order valence-electron chi connectivity index (χ3n) is 3.68. The molecule has 2 aromatic rings. The molecule has 25 heavy (non-hydrogen) atoms. The second-order valence-electron chi connectivity index (χ2n) is 5.55. The third kappa shape index (κ3) is 3.71. The lowest BCUT2D eigenvalue weighted by molar-refractivity contribution is -0.129. The molecule has 128 valence electrons. The number of carbonyl (C=O) groups excluding carboxylic acids is 1. The number of aryl methyl sites for hydroxylation is 1. The highest BCUT2D eigenvalue weighted by Gasteiger charge is 2.24. The average Bonchev–Trinajstić information content (AvgIpc) is 2.97. The number of ether oxygens (including phenoxy) is 3. The van der Waals surface area contributed by atoms with Gasteiger partial charge in [0.25, 0.3) is 0 Å². The first-order valence-corrected chi connectivity index (χ1v) is 8.01. The van der Waals surface area contributed by atoms with Gasteiger partial charge in [-0.15, -0.1) is 0 Å². The number of methoxy groups -OCH3 is 1. The zero-order valence-corrected chi connectivity index (χ0v) is 14.4. The summed E-state index contributed by atoms with van der Waals surface area (Å²) < 4.78 is 16.1. The molecule has 0 spiro atoms. The van der Waals surface area contributed by atoms with Gasteiger partial charge in [-0.3, -0.25) is 0 Å². The minimum atomic E-state index is -0.468. The van der Waals surface area contributed by atoms with Crippen LogP contribution in [0.4, 0.5) is 0 Å². The van der Waals surface area contributed by atoms with Crippen LogP contribution in [0, 0.1) is 6.92 Å². The molecule has 0 radical (unpaired) electrons. The van der Waals surface area contributed by atoms with Crippen LogP contribution < -0.4 is 9.47 Å². The van der Waals surface area contributed by atoms with E-state index in [9.17, 15) is 4.79 Å². The normalized spacial score (nSPS) is 15.1. The maximum absolute atomic E-state index is 12.1. The molecule has 0 atom stereocenters. The number of hydrogen-bond acceptors (Lipinski definition) is 5. The van der Waals surface area contributed by atoms with E-state index in [1.165, 1.54) is 0 Å². The Bertz CT molecular complexity index is 868. The topological polar surface area (TPSA) is 57.1 Å². The molecule has 1 aliphatic heterocycles. The first-order chi connectivity index (χ1) is 12.1. The summed E-state index contributed by atoms with van der Waals surface area (Å²) >= 11 is 0. The minimum absolute atomic E-state index is 0.253. The maximum Gasteiger partial charge on any atom is 0.363 e. The molecule has 5 heteroatoms. The molecule has 0 saturated heterocycles. The fourth-order valence-electron chi connectivity index (χ4n) is 2.52. The molecule has 0 aromatic heterocycles. The van der Waals surface area contributed by atoms with Crippen LogP contribution in [0.1, 0.15) is 23.6 Å². The van der Waals surface area contributed by atoms with Crippen LogP contribution in [0.15, 0.2) is 53.2 Å². The number of nitrogens with zero attached hydrogens (tertiary/aromatic N) is 1. The van der Waals surface area contributed by atoms with Crippen LogP contribution in [-0.4, -0.2) is 25.6 Å². The monoisotopic (exact) mass is 337 g/mol. The summed E-state index contributed by atoms with van der Waals surface area (Å²) in [5.74, 6) is 1.11. The number of benzene rings is 2. The van der Waals surface area contributed by atoms with Crippen molar-refractivity contribution in [3.8, 4) is 11.5 Å². The molecule has 0 fully saturated rings. The van der Waals surface area contributed by atoms with Gasteiger partial charge in [0, 0.05) is 5.56 Å². The third-order valence-corrected chi connectivity index (χ3v) is 3.68. The van der Waals surface area contributed by atoms with Crippen molar-refractivity contribution >= 4 is 17.9 Å². The van der Waals surface area contributed by atoms with E-state index in [4.69, 9.17) is 14.2 Å². The Morgan fingerprint density at radius 1 is 1.16 bits per heavy atom. The molecule has 0 N–H and O–H groups in total. The van der Waals surface area contributed by atoms with Crippen LogP contribution in [0.25, 0.3) is 6.08 Å². The van der Waals surface area contributed by atoms with Crippen molar-refractivity contribution < 1.29 is 19.0 Å². The molecule has 0 saturated carbocycles. The van der Waals surface area contributed by atoms with Crippen molar-refractivity contribution in [2.24, 2.45) is 4.99 Å². The number of rotatable bonds is 5. The van der Waals surface area contributed by atoms with Crippen molar-refractivity contribution in [1.29, 1.82) is 0 Å². The van der Waals surface area contributed by atoms with Crippen LogP contribution in [0.3, 0.4) is 0 Å². The van der Waals surface area contributed by atoms with E-state index in [0.717, 1.165) is 16.7 Å². The van der Waals surface area contributed by atoms with Gasteiger partial charge in [0.05, 0.1) is 13.7 Å². The van der Waals surface area contributed by atoms with E-state index in [2.05, 4.69) is 4.99 Å². The number of cyclic esters (lactones) is 1. The van der Waals surface area contributed by atoms with Gasteiger partial charge in [-0.05, 0) is 49.8 Å². The minimum Gasteiger partial charge on any atom is -0.493 e. The fourth-order valence-corrected chi connectivity index (χ4v) is 2.52. The first kappa shape index (κ1) is 16.8. The Hall–Kier alpha value is -3.08. The molecule has 3 rings (SSSR count). The number of esters is 1. The maximum atomic E-state index is 12.1. The van der Waals surface area contributed by atoms with Crippen molar-refractivity contribution in [2.45, 2.75) is 13.8 Å². The van der Waals surface area contributed by atoms with Crippen LogP contribution in [0.5, 0.6) is 11.5 Å². The van der Waals surface area contributed by atoms with Crippen LogP contribution >= 0.6 is 0 Å². The summed E-state index contributed by atoms with van der Waals surface area (Å²) in [6, 6.07) is 13.1. The lowest BCUT2D eigenvalue weighted by atomic mass is 10.1. The second kappa shape index (κ2) is 7.21. The van der Waals surface area contributed by atoms with Gasteiger partial charge in [-0.2, -0.15) is 0 Å². The smallest absolute Gasteiger partial charge is 0.363 e. The highest BCUT2D eigenvalue weighted by atomic mass is 16.6. The molecule has 0 aliphatic carbocycles. The van der Waals surface area contributed by atoms with Crippen LogP contribution in [-0.2, 0) is 9.53 Å². The molecule has 0 bridgehead atoms. The lowest BCUT2D eigenvalue weighted by Crippen LogP contribution is -2.05. The molecule has 1 heterocycles. The highest BCUT2D eigenvalue weighted by molar-refractivity contribution is 6.12. The molecule has 1 aliphatic rings. The molecule has 2 aromatic carbocycles. The largest absolute Gasteiger partial charge is 0.493 e. The fraction of sp³-hybridized carbons (Fsp3) is 0.200. The van der Waals surface area contributed by atoms with E-state index in [-0.39, 0.29) is 5.70 Å². The van der Waals surface area contributed by atoms with Gasteiger partial charge in [-0.25, -0.2) is 9.79 Å². The zero-order valence-electron chi connectivity index (χ0n) is 14.4. The predicted octanol–water partition coefficient (Wildman–Crippen LogP) is 3.75. The summed E-state index contributed by atoms with van der Waals surface area (Å²) in [5.41, 5.74) is 2.88. The Labute approximate surface area is 146 Å². The highest BCUT2D eigenvalue weighted by Crippen LogP contribution is 2.29.